The van der Waals surface area contributed by atoms with Crippen molar-refractivity contribution in [3.8, 4) is 0 Å². The SMILES string of the molecule is CCCCCCCCCCCCCCCCCCCCCCCCCC(=O)OC[C@@H](CO[C@H]1O[C@@H](CO)[C@@H](O)C(O)C1O)OC(=O)CCCCCCCCCCCCCCCCCCCCCCC. The van der Waals surface area contributed by atoms with Gasteiger partial charge in [0.2, 0.25) is 0 Å². The summed E-state index contributed by atoms with van der Waals surface area (Å²) in [6.45, 7) is 3.51. The van der Waals surface area contributed by atoms with Crippen LogP contribution in [0.25, 0.3) is 0 Å². The van der Waals surface area contributed by atoms with Gasteiger partial charge in [-0.15, -0.1) is 0 Å². The van der Waals surface area contributed by atoms with E-state index in [0.29, 0.717) is 6.42 Å². The molecule has 0 aliphatic carbocycles. The molecule has 0 aromatic rings. The summed E-state index contributed by atoms with van der Waals surface area (Å²) >= 11 is 0. The number of carbonyl (C=O) groups excluding carboxylic acids is 2. The second-order valence-electron chi connectivity index (χ2n) is 21.2. The van der Waals surface area contributed by atoms with E-state index in [-0.39, 0.29) is 32.0 Å². The van der Waals surface area contributed by atoms with E-state index in [1.807, 2.05) is 0 Å². The summed E-state index contributed by atoms with van der Waals surface area (Å²) in [6, 6.07) is 0. The second kappa shape index (κ2) is 50.2. The van der Waals surface area contributed by atoms with Crippen LogP contribution in [0.2, 0.25) is 0 Å². The van der Waals surface area contributed by atoms with Crippen molar-refractivity contribution in [1.29, 1.82) is 0 Å². The van der Waals surface area contributed by atoms with Crippen LogP contribution in [-0.4, -0.2) is 89.0 Å². The van der Waals surface area contributed by atoms with Gasteiger partial charge in [0.15, 0.2) is 12.4 Å². The molecule has 1 fully saturated rings. The fourth-order valence-electron chi connectivity index (χ4n) is 9.78. The van der Waals surface area contributed by atoms with E-state index in [9.17, 15) is 30.0 Å². The Kier molecular flexibility index (Phi) is 47.8. The van der Waals surface area contributed by atoms with Gasteiger partial charge in [0.25, 0.3) is 0 Å². The molecule has 6 atom stereocenters. The van der Waals surface area contributed by atoms with E-state index in [1.165, 1.54) is 244 Å². The van der Waals surface area contributed by atoms with Crippen molar-refractivity contribution < 1.29 is 49.0 Å². The molecule has 1 rings (SSSR count). The van der Waals surface area contributed by atoms with Crippen LogP contribution < -0.4 is 0 Å². The van der Waals surface area contributed by atoms with E-state index < -0.39 is 49.4 Å². The number of esters is 2. The molecular weight excluding hydrogens is 869 g/mol. The van der Waals surface area contributed by atoms with Crippen LogP contribution in [0.4, 0.5) is 0 Å². The van der Waals surface area contributed by atoms with Crippen LogP contribution in [-0.2, 0) is 28.5 Å². The number of aliphatic hydroxyl groups excluding tert-OH is 4. The van der Waals surface area contributed by atoms with Crippen molar-refractivity contribution in [1.82, 2.24) is 0 Å². The molecule has 10 heteroatoms. The van der Waals surface area contributed by atoms with Gasteiger partial charge in [0, 0.05) is 12.8 Å². The van der Waals surface area contributed by atoms with E-state index in [2.05, 4.69) is 13.8 Å². The standard InChI is InChI=1S/C59H114O10/c1-3-5-7-9-11-13-15-17-19-21-23-25-26-28-29-31-33-35-37-39-41-43-45-47-54(61)66-50-52(51-67-59-58(65)57(64)56(63)53(49-60)69-59)68-55(62)48-46-44-42-40-38-36-34-32-30-27-24-22-20-18-16-14-12-10-8-6-4-2/h52-53,56-60,63-65H,3-51H2,1-2H3/t52-,53-,56+,57?,58?,59-/m0/s1. The fraction of sp³-hybridized carbons (Fsp3) is 0.966. The zero-order chi connectivity index (χ0) is 50.1. The number of ether oxygens (including phenoxy) is 4. The zero-order valence-electron chi connectivity index (χ0n) is 45.4. The maximum atomic E-state index is 12.9. The minimum absolute atomic E-state index is 0.208. The van der Waals surface area contributed by atoms with Gasteiger partial charge in [-0.1, -0.05) is 284 Å². The third kappa shape index (κ3) is 40.8. The minimum Gasteiger partial charge on any atom is -0.462 e. The number of carbonyl (C=O) groups is 2. The molecule has 69 heavy (non-hydrogen) atoms. The van der Waals surface area contributed by atoms with Gasteiger partial charge in [0.05, 0.1) is 13.2 Å². The highest BCUT2D eigenvalue weighted by molar-refractivity contribution is 5.70. The predicted molar refractivity (Wildman–Crippen MR) is 284 cm³/mol. The Balaban J connectivity index is 2.16. The predicted octanol–water partition coefficient (Wildman–Crippen LogP) is 15.2. The molecule has 0 radical (unpaired) electrons. The summed E-state index contributed by atoms with van der Waals surface area (Å²) < 4.78 is 22.4. The van der Waals surface area contributed by atoms with Crippen LogP contribution in [0.15, 0.2) is 0 Å². The molecule has 410 valence electrons. The summed E-state index contributed by atoms with van der Waals surface area (Å²) in [5.41, 5.74) is 0. The van der Waals surface area contributed by atoms with Crippen LogP contribution in [0.3, 0.4) is 0 Å². The number of hydrogen-bond acceptors (Lipinski definition) is 10. The van der Waals surface area contributed by atoms with Crippen LogP contribution >= 0.6 is 0 Å². The maximum absolute atomic E-state index is 12.9. The van der Waals surface area contributed by atoms with Crippen LogP contribution in [0.5, 0.6) is 0 Å². The summed E-state index contributed by atoms with van der Waals surface area (Å²) in [4.78, 5) is 25.6. The first kappa shape index (κ1) is 65.7. The van der Waals surface area contributed by atoms with Crippen LogP contribution in [0, 0.1) is 0 Å². The van der Waals surface area contributed by atoms with Gasteiger partial charge < -0.3 is 39.4 Å². The lowest BCUT2D eigenvalue weighted by Gasteiger charge is -2.39. The van der Waals surface area contributed by atoms with Crippen molar-refractivity contribution >= 4 is 11.9 Å². The molecular formula is C59H114O10. The van der Waals surface area contributed by atoms with E-state index in [4.69, 9.17) is 18.9 Å². The summed E-state index contributed by atoms with van der Waals surface area (Å²) in [6.07, 6.45) is 49.8. The summed E-state index contributed by atoms with van der Waals surface area (Å²) in [5, 5.41) is 40.3. The lowest BCUT2D eigenvalue weighted by Crippen LogP contribution is -2.59. The number of rotatable bonds is 53. The fourth-order valence-corrected chi connectivity index (χ4v) is 9.78. The first-order valence-corrected chi connectivity index (χ1v) is 30.1. The highest BCUT2D eigenvalue weighted by Crippen LogP contribution is 2.23. The van der Waals surface area contributed by atoms with E-state index in [0.717, 1.165) is 32.1 Å². The van der Waals surface area contributed by atoms with E-state index >= 15 is 0 Å². The Morgan fingerprint density at radius 2 is 0.681 bits per heavy atom. The van der Waals surface area contributed by atoms with Gasteiger partial charge in [-0.25, -0.2) is 0 Å². The lowest BCUT2D eigenvalue weighted by molar-refractivity contribution is -0.305. The Morgan fingerprint density at radius 3 is 0.986 bits per heavy atom. The number of unbranched alkanes of at least 4 members (excludes halogenated alkanes) is 42. The molecule has 1 saturated heterocycles. The first-order valence-electron chi connectivity index (χ1n) is 30.1. The normalized spacial score (nSPS) is 18.7. The van der Waals surface area contributed by atoms with Gasteiger partial charge in [-0.3, -0.25) is 9.59 Å². The quantitative estimate of drug-likeness (QED) is 0.0342. The molecule has 0 amide bonds. The molecule has 2 unspecified atom stereocenters. The smallest absolute Gasteiger partial charge is 0.306 e. The van der Waals surface area contributed by atoms with Crippen molar-refractivity contribution in [2.24, 2.45) is 0 Å². The van der Waals surface area contributed by atoms with Crippen molar-refractivity contribution in [2.75, 3.05) is 19.8 Å². The Bertz CT molecular complexity index is 1090. The summed E-state index contributed by atoms with van der Waals surface area (Å²) in [5.74, 6) is -0.780. The Hall–Kier alpha value is -1.30. The minimum atomic E-state index is -1.59. The van der Waals surface area contributed by atoms with Crippen molar-refractivity contribution in [2.45, 2.75) is 346 Å². The van der Waals surface area contributed by atoms with Crippen molar-refractivity contribution in [3.63, 3.8) is 0 Å². The molecule has 0 aromatic carbocycles. The average molecular weight is 984 g/mol. The van der Waals surface area contributed by atoms with Gasteiger partial charge in [0.1, 0.15) is 31.0 Å². The largest absolute Gasteiger partial charge is 0.462 e. The second-order valence-corrected chi connectivity index (χ2v) is 21.2. The monoisotopic (exact) mass is 983 g/mol. The third-order valence-electron chi connectivity index (χ3n) is 14.5. The van der Waals surface area contributed by atoms with E-state index in [1.54, 1.807) is 0 Å². The highest BCUT2D eigenvalue weighted by atomic mass is 16.7. The van der Waals surface area contributed by atoms with Gasteiger partial charge >= 0.3 is 11.9 Å². The molecule has 0 bridgehead atoms. The first-order chi connectivity index (χ1) is 33.8. The zero-order valence-corrected chi connectivity index (χ0v) is 45.4. The molecule has 0 saturated carbocycles. The van der Waals surface area contributed by atoms with Gasteiger partial charge in [-0.2, -0.15) is 0 Å². The molecule has 0 spiro atoms. The molecule has 10 nitrogen and oxygen atoms in total. The molecule has 1 aliphatic heterocycles. The Labute approximate surface area is 425 Å². The van der Waals surface area contributed by atoms with Gasteiger partial charge in [-0.05, 0) is 12.8 Å². The number of hydrogen-bond donors (Lipinski definition) is 4. The maximum Gasteiger partial charge on any atom is 0.306 e. The topological polar surface area (TPSA) is 152 Å². The average Bonchev–Trinajstić information content (AvgIpc) is 3.35. The molecule has 4 N–H and O–H groups in total. The third-order valence-corrected chi connectivity index (χ3v) is 14.5. The molecule has 1 heterocycles. The molecule has 0 aromatic heterocycles. The lowest BCUT2D eigenvalue weighted by atomic mass is 9.99. The molecule has 1 aliphatic rings. The van der Waals surface area contributed by atoms with Crippen molar-refractivity contribution in [3.05, 3.63) is 0 Å². The van der Waals surface area contributed by atoms with Crippen LogP contribution in [0.1, 0.15) is 309 Å². The Morgan fingerprint density at radius 1 is 0.391 bits per heavy atom. The highest BCUT2D eigenvalue weighted by Gasteiger charge is 2.44. The summed E-state index contributed by atoms with van der Waals surface area (Å²) in [7, 11) is 0. The number of aliphatic hydroxyl groups is 4.